The zero-order valence-electron chi connectivity index (χ0n) is 11.6. The Morgan fingerprint density at radius 2 is 2.15 bits per heavy atom. The standard InChI is InChI=1S/C16H21NO3/c18-16(11-19-10-12-7-8-12)17-14-5-3-9-20-15-6-2-1-4-13(14)15/h1-2,4,6,12,14H,3,5,7-11H2,(H,17,18)/t14-/m1/s1. The summed E-state index contributed by atoms with van der Waals surface area (Å²) in [5.41, 5.74) is 1.07. The first-order valence-electron chi connectivity index (χ1n) is 7.42. The van der Waals surface area contributed by atoms with E-state index in [-0.39, 0.29) is 18.6 Å². The van der Waals surface area contributed by atoms with Crippen LogP contribution >= 0.6 is 0 Å². The Morgan fingerprint density at radius 1 is 1.30 bits per heavy atom. The molecule has 1 aliphatic carbocycles. The average Bonchev–Trinajstić information content (AvgIpc) is 3.27. The molecule has 1 fully saturated rings. The summed E-state index contributed by atoms with van der Waals surface area (Å²) in [6, 6.07) is 7.96. The van der Waals surface area contributed by atoms with E-state index in [1.165, 1.54) is 12.8 Å². The predicted octanol–water partition coefficient (Wildman–Crippen LogP) is 2.44. The largest absolute Gasteiger partial charge is 0.493 e. The molecule has 0 radical (unpaired) electrons. The van der Waals surface area contributed by atoms with Gasteiger partial charge in [-0.15, -0.1) is 0 Å². The summed E-state index contributed by atoms with van der Waals surface area (Å²) >= 11 is 0. The minimum atomic E-state index is -0.0349. The normalized spacial score (nSPS) is 21.5. The van der Waals surface area contributed by atoms with Crippen molar-refractivity contribution in [1.29, 1.82) is 0 Å². The molecule has 1 saturated carbocycles. The van der Waals surface area contributed by atoms with Crippen molar-refractivity contribution in [2.75, 3.05) is 19.8 Å². The molecule has 108 valence electrons. The number of rotatable bonds is 5. The molecule has 0 bridgehead atoms. The summed E-state index contributed by atoms with van der Waals surface area (Å²) in [6.07, 6.45) is 4.35. The maximum Gasteiger partial charge on any atom is 0.246 e. The fourth-order valence-electron chi connectivity index (χ4n) is 2.51. The summed E-state index contributed by atoms with van der Waals surface area (Å²) in [6.45, 7) is 1.59. The fourth-order valence-corrected chi connectivity index (χ4v) is 2.51. The van der Waals surface area contributed by atoms with E-state index in [2.05, 4.69) is 5.32 Å². The molecule has 2 aliphatic rings. The highest BCUT2D eigenvalue weighted by Crippen LogP contribution is 2.31. The maximum atomic E-state index is 12.0. The van der Waals surface area contributed by atoms with Gasteiger partial charge in [-0.3, -0.25) is 4.79 Å². The molecule has 1 N–H and O–H groups in total. The lowest BCUT2D eigenvalue weighted by Crippen LogP contribution is -2.31. The molecule has 1 heterocycles. The summed E-state index contributed by atoms with van der Waals surface area (Å²) in [5, 5.41) is 3.07. The van der Waals surface area contributed by atoms with Crippen molar-refractivity contribution >= 4 is 5.91 Å². The summed E-state index contributed by atoms with van der Waals surface area (Å²) < 4.78 is 11.1. The Bertz CT molecular complexity index is 471. The van der Waals surface area contributed by atoms with Crippen LogP contribution in [-0.4, -0.2) is 25.7 Å². The van der Waals surface area contributed by atoms with Crippen LogP contribution < -0.4 is 10.1 Å². The van der Waals surface area contributed by atoms with Gasteiger partial charge in [0.15, 0.2) is 0 Å². The maximum absolute atomic E-state index is 12.0. The number of amides is 1. The van der Waals surface area contributed by atoms with Crippen LogP contribution in [0, 0.1) is 5.92 Å². The van der Waals surface area contributed by atoms with Gasteiger partial charge < -0.3 is 14.8 Å². The van der Waals surface area contributed by atoms with E-state index in [1.54, 1.807) is 0 Å². The summed E-state index contributed by atoms with van der Waals surface area (Å²) in [7, 11) is 0. The summed E-state index contributed by atoms with van der Waals surface area (Å²) in [4.78, 5) is 12.0. The second-order valence-corrected chi connectivity index (χ2v) is 5.61. The first-order chi connectivity index (χ1) is 9.83. The first kappa shape index (κ1) is 13.4. The third-order valence-electron chi connectivity index (χ3n) is 3.81. The van der Waals surface area contributed by atoms with Gasteiger partial charge in [0, 0.05) is 5.56 Å². The van der Waals surface area contributed by atoms with Crippen LogP contribution in [0.2, 0.25) is 0 Å². The van der Waals surface area contributed by atoms with Gasteiger partial charge in [-0.25, -0.2) is 0 Å². The fraction of sp³-hybridized carbons (Fsp3) is 0.562. The van der Waals surface area contributed by atoms with Crippen LogP contribution in [0.1, 0.15) is 37.3 Å². The second kappa shape index (κ2) is 6.27. The number of ether oxygens (including phenoxy) is 2. The van der Waals surface area contributed by atoms with Gasteiger partial charge in [-0.05, 0) is 37.7 Å². The SMILES string of the molecule is O=C(COCC1CC1)N[C@@H]1CCCOc2ccccc21. The minimum Gasteiger partial charge on any atom is -0.493 e. The molecular weight excluding hydrogens is 254 g/mol. The van der Waals surface area contributed by atoms with Gasteiger partial charge in [-0.1, -0.05) is 18.2 Å². The molecular formula is C16H21NO3. The topological polar surface area (TPSA) is 47.6 Å². The molecule has 1 aliphatic heterocycles. The monoisotopic (exact) mass is 275 g/mol. The van der Waals surface area contributed by atoms with Crippen molar-refractivity contribution in [3.8, 4) is 5.75 Å². The molecule has 20 heavy (non-hydrogen) atoms. The predicted molar refractivity (Wildman–Crippen MR) is 75.6 cm³/mol. The average molecular weight is 275 g/mol. The quantitative estimate of drug-likeness (QED) is 0.898. The smallest absolute Gasteiger partial charge is 0.246 e. The number of nitrogens with one attached hydrogen (secondary N) is 1. The Hall–Kier alpha value is -1.55. The zero-order chi connectivity index (χ0) is 13.8. The molecule has 0 saturated heterocycles. The number of hydrogen-bond donors (Lipinski definition) is 1. The van der Waals surface area contributed by atoms with Gasteiger partial charge in [0.2, 0.25) is 5.91 Å². The van der Waals surface area contributed by atoms with Gasteiger partial charge >= 0.3 is 0 Å². The second-order valence-electron chi connectivity index (χ2n) is 5.61. The molecule has 3 rings (SSSR count). The van der Waals surface area contributed by atoms with E-state index < -0.39 is 0 Å². The molecule has 0 unspecified atom stereocenters. The van der Waals surface area contributed by atoms with Crippen molar-refractivity contribution in [2.24, 2.45) is 5.92 Å². The Kier molecular flexibility index (Phi) is 4.21. The van der Waals surface area contributed by atoms with Crippen molar-refractivity contribution < 1.29 is 14.3 Å². The van der Waals surface area contributed by atoms with Crippen LogP contribution in [0.5, 0.6) is 5.75 Å². The molecule has 0 spiro atoms. The Balaban J connectivity index is 1.56. The van der Waals surface area contributed by atoms with Crippen molar-refractivity contribution in [3.63, 3.8) is 0 Å². The number of carbonyl (C=O) groups excluding carboxylic acids is 1. The third-order valence-corrected chi connectivity index (χ3v) is 3.81. The van der Waals surface area contributed by atoms with Gasteiger partial charge in [-0.2, -0.15) is 0 Å². The van der Waals surface area contributed by atoms with Gasteiger partial charge in [0.1, 0.15) is 12.4 Å². The van der Waals surface area contributed by atoms with E-state index in [0.717, 1.165) is 30.8 Å². The minimum absolute atomic E-state index is 0.0331. The summed E-state index contributed by atoms with van der Waals surface area (Å²) in [5.74, 6) is 1.54. The molecule has 4 heteroatoms. The molecule has 1 aromatic carbocycles. The van der Waals surface area contributed by atoms with Crippen molar-refractivity contribution in [2.45, 2.75) is 31.7 Å². The third kappa shape index (κ3) is 3.51. The van der Waals surface area contributed by atoms with E-state index in [4.69, 9.17) is 9.47 Å². The van der Waals surface area contributed by atoms with Gasteiger partial charge in [0.05, 0.1) is 19.3 Å². The van der Waals surface area contributed by atoms with Gasteiger partial charge in [0.25, 0.3) is 0 Å². The zero-order valence-corrected chi connectivity index (χ0v) is 11.6. The van der Waals surface area contributed by atoms with E-state index in [0.29, 0.717) is 12.5 Å². The lowest BCUT2D eigenvalue weighted by atomic mass is 10.0. The Labute approximate surface area is 119 Å². The van der Waals surface area contributed by atoms with Crippen LogP contribution in [0.25, 0.3) is 0 Å². The number of fused-ring (bicyclic) bond motifs is 1. The van der Waals surface area contributed by atoms with E-state index >= 15 is 0 Å². The molecule has 1 amide bonds. The molecule has 4 nitrogen and oxygen atoms in total. The highest BCUT2D eigenvalue weighted by Gasteiger charge is 2.23. The Morgan fingerprint density at radius 3 is 3.00 bits per heavy atom. The van der Waals surface area contributed by atoms with Crippen LogP contribution in [-0.2, 0) is 9.53 Å². The van der Waals surface area contributed by atoms with E-state index in [9.17, 15) is 4.79 Å². The van der Waals surface area contributed by atoms with Crippen molar-refractivity contribution in [1.82, 2.24) is 5.32 Å². The number of hydrogen-bond acceptors (Lipinski definition) is 3. The highest BCUT2D eigenvalue weighted by molar-refractivity contribution is 5.77. The molecule has 0 aromatic heterocycles. The number of benzene rings is 1. The lowest BCUT2D eigenvalue weighted by Gasteiger charge is -2.18. The highest BCUT2D eigenvalue weighted by atomic mass is 16.5. The first-order valence-corrected chi connectivity index (χ1v) is 7.42. The van der Waals surface area contributed by atoms with Crippen molar-refractivity contribution in [3.05, 3.63) is 29.8 Å². The molecule has 1 atom stereocenters. The molecule has 1 aromatic rings. The van der Waals surface area contributed by atoms with E-state index in [1.807, 2.05) is 24.3 Å². The lowest BCUT2D eigenvalue weighted by molar-refractivity contribution is -0.126. The van der Waals surface area contributed by atoms with Crippen LogP contribution in [0.3, 0.4) is 0 Å². The van der Waals surface area contributed by atoms with Crippen LogP contribution in [0.15, 0.2) is 24.3 Å². The number of carbonyl (C=O) groups is 1. The number of para-hydroxylation sites is 1. The van der Waals surface area contributed by atoms with Crippen LogP contribution in [0.4, 0.5) is 0 Å².